The Morgan fingerprint density at radius 3 is 2.76 bits per heavy atom. The van der Waals surface area contributed by atoms with Crippen molar-refractivity contribution in [3.05, 3.63) is 76.2 Å². The monoisotopic (exact) mass is 354 g/mol. The first-order valence-corrected chi connectivity index (χ1v) is 8.44. The highest BCUT2D eigenvalue weighted by Crippen LogP contribution is 2.17. The van der Waals surface area contributed by atoms with Gasteiger partial charge in [0.2, 0.25) is 0 Å². The van der Waals surface area contributed by atoms with Gasteiger partial charge in [0, 0.05) is 29.0 Å². The number of benzene rings is 1. The van der Waals surface area contributed by atoms with Crippen LogP contribution in [0.3, 0.4) is 0 Å². The van der Waals surface area contributed by atoms with Crippen molar-refractivity contribution in [1.82, 2.24) is 20.1 Å². The molecular formula is C19H19ClN4O. The lowest BCUT2D eigenvalue weighted by atomic mass is 10.1. The van der Waals surface area contributed by atoms with Gasteiger partial charge in [0.15, 0.2) is 5.82 Å². The molecule has 0 radical (unpaired) electrons. The van der Waals surface area contributed by atoms with E-state index in [1.54, 1.807) is 30.5 Å². The third-order valence-electron chi connectivity index (χ3n) is 4.05. The van der Waals surface area contributed by atoms with Crippen molar-refractivity contribution in [3.8, 4) is 5.82 Å². The zero-order valence-corrected chi connectivity index (χ0v) is 14.9. The highest BCUT2D eigenvalue weighted by molar-refractivity contribution is 6.30. The van der Waals surface area contributed by atoms with Gasteiger partial charge in [-0.15, -0.1) is 0 Å². The minimum Gasteiger partial charge on any atom is -0.352 e. The van der Waals surface area contributed by atoms with Gasteiger partial charge in [-0.05, 0) is 56.2 Å². The fraction of sp³-hybridized carbons (Fsp3) is 0.211. The summed E-state index contributed by atoms with van der Waals surface area (Å²) in [5.41, 5.74) is 3.66. The summed E-state index contributed by atoms with van der Waals surface area (Å²) in [7, 11) is 0. The second kappa shape index (κ2) is 7.49. The van der Waals surface area contributed by atoms with Crippen LogP contribution in [0.1, 0.15) is 27.3 Å². The number of nitrogens with one attached hydrogen (secondary N) is 1. The Bertz CT molecular complexity index is 890. The van der Waals surface area contributed by atoms with Gasteiger partial charge in [-0.1, -0.05) is 23.7 Å². The molecule has 0 aliphatic rings. The lowest BCUT2D eigenvalue weighted by Gasteiger charge is -2.07. The summed E-state index contributed by atoms with van der Waals surface area (Å²) in [6.07, 6.45) is 2.45. The molecule has 0 atom stereocenters. The van der Waals surface area contributed by atoms with Crippen LogP contribution in [0.15, 0.2) is 48.7 Å². The smallest absolute Gasteiger partial charge is 0.251 e. The first kappa shape index (κ1) is 17.2. The molecule has 0 unspecified atom stereocenters. The molecule has 2 heterocycles. The summed E-state index contributed by atoms with van der Waals surface area (Å²) in [6, 6.07) is 12.7. The van der Waals surface area contributed by atoms with E-state index < -0.39 is 0 Å². The number of hydrogen-bond donors (Lipinski definition) is 1. The van der Waals surface area contributed by atoms with Gasteiger partial charge in [-0.3, -0.25) is 4.79 Å². The minimum atomic E-state index is -0.130. The number of amides is 1. The number of carbonyl (C=O) groups excluding carboxylic acids is 1. The van der Waals surface area contributed by atoms with Gasteiger partial charge in [0.25, 0.3) is 5.91 Å². The average molecular weight is 355 g/mol. The van der Waals surface area contributed by atoms with Gasteiger partial charge in [-0.25, -0.2) is 9.67 Å². The second-order valence-corrected chi connectivity index (χ2v) is 6.20. The molecule has 0 aliphatic heterocycles. The van der Waals surface area contributed by atoms with Crippen LogP contribution in [0.2, 0.25) is 5.02 Å². The number of pyridine rings is 1. The van der Waals surface area contributed by atoms with Crippen molar-refractivity contribution in [2.45, 2.75) is 20.3 Å². The van der Waals surface area contributed by atoms with Crippen LogP contribution < -0.4 is 5.32 Å². The van der Waals surface area contributed by atoms with E-state index in [9.17, 15) is 4.79 Å². The average Bonchev–Trinajstić information content (AvgIpc) is 2.90. The minimum absolute atomic E-state index is 0.130. The molecule has 6 heteroatoms. The predicted molar refractivity (Wildman–Crippen MR) is 98.3 cm³/mol. The molecule has 3 rings (SSSR count). The van der Waals surface area contributed by atoms with Crippen molar-refractivity contribution in [3.63, 3.8) is 0 Å². The third-order valence-corrected chi connectivity index (χ3v) is 4.29. The maximum absolute atomic E-state index is 12.2. The summed E-state index contributed by atoms with van der Waals surface area (Å²) >= 11 is 5.92. The number of halogens is 1. The molecule has 1 N–H and O–H groups in total. The van der Waals surface area contributed by atoms with Gasteiger partial charge >= 0.3 is 0 Å². The quantitative estimate of drug-likeness (QED) is 0.762. The number of aromatic nitrogens is 3. The summed E-state index contributed by atoms with van der Waals surface area (Å²) in [5.74, 6) is 0.659. The summed E-state index contributed by atoms with van der Waals surface area (Å²) in [4.78, 5) is 16.5. The first-order valence-electron chi connectivity index (χ1n) is 8.06. The molecule has 0 fully saturated rings. The number of rotatable bonds is 5. The second-order valence-electron chi connectivity index (χ2n) is 5.77. The van der Waals surface area contributed by atoms with Crippen molar-refractivity contribution in [1.29, 1.82) is 0 Å². The van der Waals surface area contributed by atoms with Crippen molar-refractivity contribution < 1.29 is 4.79 Å². The van der Waals surface area contributed by atoms with Crippen molar-refractivity contribution >= 4 is 17.5 Å². The van der Waals surface area contributed by atoms with E-state index in [0.29, 0.717) is 23.6 Å². The Kier molecular flexibility index (Phi) is 5.14. The normalized spacial score (nSPS) is 10.7. The number of aryl methyl sites for hydroxylation is 1. The van der Waals surface area contributed by atoms with Crippen LogP contribution in [-0.4, -0.2) is 27.2 Å². The Morgan fingerprint density at radius 1 is 1.20 bits per heavy atom. The molecule has 2 aromatic heterocycles. The van der Waals surface area contributed by atoms with E-state index in [0.717, 1.165) is 22.8 Å². The molecule has 0 spiro atoms. The lowest BCUT2D eigenvalue weighted by Crippen LogP contribution is -2.25. The van der Waals surface area contributed by atoms with Crippen LogP contribution in [0.25, 0.3) is 5.82 Å². The van der Waals surface area contributed by atoms with Gasteiger partial charge < -0.3 is 5.32 Å². The van der Waals surface area contributed by atoms with E-state index in [4.69, 9.17) is 11.6 Å². The van der Waals surface area contributed by atoms with Gasteiger partial charge in [0.1, 0.15) is 0 Å². The van der Waals surface area contributed by atoms with Gasteiger partial charge in [-0.2, -0.15) is 5.10 Å². The van der Waals surface area contributed by atoms with Crippen LogP contribution in [-0.2, 0) is 6.42 Å². The molecule has 0 bridgehead atoms. The maximum atomic E-state index is 12.2. The van der Waals surface area contributed by atoms with E-state index >= 15 is 0 Å². The zero-order valence-electron chi connectivity index (χ0n) is 14.2. The zero-order chi connectivity index (χ0) is 17.8. The highest BCUT2D eigenvalue weighted by Gasteiger charge is 2.14. The third kappa shape index (κ3) is 3.88. The van der Waals surface area contributed by atoms with Crippen LogP contribution >= 0.6 is 11.6 Å². The summed E-state index contributed by atoms with van der Waals surface area (Å²) in [6.45, 7) is 4.52. The first-order chi connectivity index (χ1) is 12.1. The molecule has 1 amide bonds. The Labute approximate surface area is 151 Å². The fourth-order valence-electron chi connectivity index (χ4n) is 2.77. The lowest BCUT2D eigenvalue weighted by molar-refractivity contribution is 0.0954. The van der Waals surface area contributed by atoms with Crippen molar-refractivity contribution in [2.24, 2.45) is 0 Å². The number of nitrogens with zero attached hydrogens (tertiary/aromatic N) is 3. The molecule has 0 saturated carbocycles. The molecule has 0 aliphatic carbocycles. The molecule has 128 valence electrons. The molecule has 1 aromatic carbocycles. The molecule has 3 aromatic rings. The topological polar surface area (TPSA) is 59.8 Å². The standard InChI is InChI=1S/C19H19ClN4O/c1-13-17(14(2)24(23-13)18-8-3-4-10-21-18)9-11-22-19(25)15-6-5-7-16(20)12-15/h3-8,10,12H,9,11H2,1-2H3,(H,22,25). The van der Waals surface area contributed by atoms with E-state index in [-0.39, 0.29) is 5.91 Å². The highest BCUT2D eigenvalue weighted by atomic mass is 35.5. The Balaban J connectivity index is 1.68. The van der Waals surface area contributed by atoms with Crippen LogP contribution in [0.4, 0.5) is 0 Å². The maximum Gasteiger partial charge on any atom is 0.251 e. The van der Waals surface area contributed by atoms with Crippen LogP contribution in [0, 0.1) is 13.8 Å². The largest absolute Gasteiger partial charge is 0.352 e. The summed E-state index contributed by atoms with van der Waals surface area (Å²) < 4.78 is 1.84. The van der Waals surface area contributed by atoms with E-state index in [2.05, 4.69) is 15.4 Å². The summed E-state index contributed by atoms with van der Waals surface area (Å²) in [5, 5.41) is 8.05. The van der Waals surface area contributed by atoms with E-state index in [1.165, 1.54) is 0 Å². The van der Waals surface area contributed by atoms with Crippen LogP contribution in [0.5, 0.6) is 0 Å². The molecule has 25 heavy (non-hydrogen) atoms. The number of carbonyl (C=O) groups is 1. The fourth-order valence-corrected chi connectivity index (χ4v) is 2.96. The molecular weight excluding hydrogens is 336 g/mol. The molecule has 5 nitrogen and oxygen atoms in total. The Morgan fingerprint density at radius 2 is 2.04 bits per heavy atom. The molecule has 0 saturated heterocycles. The van der Waals surface area contributed by atoms with Crippen molar-refractivity contribution in [2.75, 3.05) is 6.54 Å². The Hall–Kier alpha value is -2.66. The van der Waals surface area contributed by atoms with Gasteiger partial charge in [0.05, 0.1) is 5.69 Å². The SMILES string of the molecule is Cc1nn(-c2ccccn2)c(C)c1CCNC(=O)c1cccc(Cl)c1. The van der Waals surface area contributed by atoms with E-state index in [1.807, 2.05) is 36.7 Å². The number of hydrogen-bond acceptors (Lipinski definition) is 3. The predicted octanol–water partition coefficient (Wildman–Crippen LogP) is 3.51.